The number of aliphatic hydroxyl groups is 1. The molecular weight excluding hydrogens is 186 g/mol. The Hall–Kier alpha value is -1.10. The molecule has 0 radical (unpaired) electrons. The molecule has 0 atom stereocenters. The van der Waals surface area contributed by atoms with Crippen molar-refractivity contribution >= 4 is 11.9 Å². The zero-order valence-electron chi connectivity index (χ0n) is 8.56. The van der Waals surface area contributed by atoms with Gasteiger partial charge in [-0.1, -0.05) is 0 Å². The van der Waals surface area contributed by atoms with E-state index in [1.54, 1.807) is 0 Å². The minimum atomic E-state index is -0.981. The van der Waals surface area contributed by atoms with Gasteiger partial charge in [0.05, 0.1) is 13.0 Å². The fourth-order valence-corrected chi connectivity index (χ4v) is 1.14. The molecule has 2 N–H and O–H groups in total. The van der Waals surface area contributed by atoms with Crippen LogP contribution < -0.4 is 0 Å². The minimum Gasteiger partial charge on any atom is -0.481 e. The van der Waals surface area contributed by atoms with E-state index in [9.17, 15) is 9.59 Å². The number of amides is 1. The van der Waals surface area contributed by atoms with Crippen molar-refractivity contribution < 1.29 is 19.8 Å². The first-order valence-electron chi connectivity index (χ1n) is 4.61. The molecule has 0 rings (SSSR count). The van der Waals surface area contributed by atoms with E-state index in [-0.39, 0.29) is 37.9 Å². The van der Waals surface area contributed by atoms with Crippen LogP contribution in [0.4, 0.5) is 0 Å². The van der Waals surface area contributed by atoms with Gasteiger partial charge in [0, 0.05) is 19.0 Å². The van der Waals surface area contributed by atoms with Crippen LogP contribution in [0.15, 0.2) is 0 Å². The summed E-state index contributed by atoms with van der Waals surface area (Å²) in [5.74, 6) is -1.21. The third-order valence-corrected chi connectivity index (χ3v) is 1.84. The highest BCUT2D eigenvalue weighted by molar-refractivity contribution is 5.80. The zero-order chi connectivity index (χ0) is 11.1. The van der Waals surface area contributed by atoms with Crippen molar-refractivity contribution in [2.45, 2.75) is 32.7 Å². The third-order valence-electron chi connectivity index (χ3n) is 1.84. The molecule has 0 aliphatic heterocycles. The quantitative estimate of drug-likeness (QED) is 0.641. The third kappa shape index (κ3) is 4.81. The number of hydrogen-bond donors (Lipinski definition) is 2. The van der Waals surface area contributed by atoms with Crippen LogP contribution in [-0.2, 0) is 9.59 Å². The molecule has 1 amide bonds. The van der Waals surface area contributed by atoms with E-state index in [1.165, 1.54) is 4.90 Å². The van der Waals surface area contributed by atoms with Crippen molar-refractivity contribution in [2.24, 2.45) is 0 Å². The lowest BCUT2D eigenvalue weighted by molar-refractivity contribution is -0.141. The lowest BCUT2D eigenvalue weighted by atomic mass is 10.2. The second-order valence-electron chi connectivity index (χ2n) is 3.30. The number of carbonyl (C=O) groups is 2. The van der Waals surface area contributed by atoms with Crippen LogP contribution in [-0.4, -0.2) is 46.2 Å². The van der Waals surface area contributed by atoms with Gasteiger partial charge >= 0.3 is 5.97 Å². The molecule has 0 unspecified atom stereocenters. The van der Waals surface area contributed by atoms with Crippen LogP contribution in [0.5, 0.6) is 0 Å². The van der Waals surface area contributed by atoms with E-state index in [2.05, 4.69) is 0 Å². The SMILES string of the molecule is CC(C)N(CCO)C(=O)CCC(=O)O. The second-order valence-corrected chi connectivity index (χ2v) is 3.30. The van der Waals surface area contributed by atoms with Crippen LogP contribution in [0, 0.1) is 0 Å². The van der Waals surface area contributed by atoms with E-state index in [0.29, 0.717) is 0 Å². The summed E-state index contributed by atoms with van der Waals surface area (Å²) in [4.78, 5) is 23.1. The van der Waals surface area contributed by atoms with Gasteiger partial charge in [-0.2, -0.15) is 0 Å². The van der Waals surface area contributed by atoms with Crippen molar-refractivity contribution in [1.29, 1.82) is 0 Å². The van der Waals surface area contributed by atoms with Gasteiger partial charge < -0.3 is 15.1 Å². The number of aliphatic carboxylic acids is 1. The molecule has 0 fully saturated rings. The Morgan fingerprint density at radius 3 is 2.21 bits per heavy atom. The number of carbonyl (C=O) groups excluding carboxylic acids is 1. The van der Waals surface area contributed by atoms with Crippen LogP contribution in [0.25, 0.3) is 0 Å². The van der Waals surface area contributed by atoms with E-state index in [1.807, 2.05) is 13.8 Å². The molecule has 0 saturated heterocycles. The van der Waals surface area contributed by atoms with Crippen molar-refractivity contribution in [1.82, 2.24) is 4.90 Å². The van der Waals surface area contributed by atoms with Crippen molar-refractivity contribution in [3.8, 4) is 0 Å². The number of carboxylic acids is 1. The summed E-state index contributed by atoms with van der Waals surface area (Å²) < 4.78 is 0. The van der Waals surface area contributed by atoms with Gasteiger partial charge in [-0.15, -0.1) is 0 Å². The number of carboxylic acid groups (broad SMARTS) is 1. The van der Waals surface area contributed by atoms with Gasteiger partial charge in [-0.3, -0.25) is 9.59 Å². The molecule has 0 aromatic heterocycles. The highest BCUT2D eigenvalue weighted by Crippen LogP contribution is 2.03. The molecule has 0 spiro atoms. The maximum Gasteiger partial charge on any atom is 0.303 e. The van der Waals surface area contributed by atoms with Crippen LogP contribution >= 0.6 is 0 Å². The lowest BCUT2D eigenvalue weighted by Gasteiger charge is -2.25. The molecule has 5 nitrogen and oxygen atoms in total. The summed E-state index contributed by atoms with van der Waals surface area (Å²) in [6.45, 7) is 3.82. The molecule has 0 aliphatic rings. The van der Waals surface area contributed by atoms with Crippen LogP contribution in [0.3, 0.4) is 0 Å². The standard InChI is InChI=1S/C9H17NO4/c1-7(2)10(5-6-11)8(12)3-4-9(13)14/h7,11H,3-6H2,1-2H3,(H,13,14). The summed E-state index contributed by atoms with van der Waals surface area (Å²) in [7, 11) is 0. The summed E-state index contributed by atoms with van der Waals surface area (Å²) in [5.41, 5.74) is 0. The smallest absolute Gasteiger partial charge is 0.303 e. The molecule has 0 aromatic rings. The van der Waals surface area contributed by atoms with Gasteiger partial charge in [0.1, 0.15) is 0 Å². The van der Waals surface area contributed by atoms with Crippen molar-refractivity contribution in [2.75, 3.05) is 13.2 Å². The summed E-state index contributed by atoms with van der Waals surface area (Å²) in [6, 6.07) is -0.0107. The Labute approximate surface area is 83.3 Å². The van der Waals surface area contributed by atoms with E-state index in [0.717, 1.165) is 0 Å². The zero-order valence-corrected chi connectivity index (χ0v) is 8.56. The lowest BCUT2D eigenvalue weighted by Crippen LogP contribution is -2.39. The molecule has 0 heterocycles. The Balaban J connectivity index is 4.08. The minimum absolute atomic E-state index is 0.00644. The van der Waals surface area contributed by atoms with Gasteiger partial charge in [-0.25, -0.2) is 0 Å². The van der Waals surface area contributed by atoms with Crippen molar-refractivity contribution in [3.05, 3.63) is 0 Å². The predicted molar refractivity (Wildman–Crippen MR) is 50.8 cm³/mol. The van der Waals surface area contributed by atoms with Gasteiger partial charge in [0.15, 0.2) is 0 Å². The normalized spacial score (nSPS) is 10.3. The maximum atomic E-state index is 11.4. The number of aliphatic hydroxyl groups excluding tert-OH is 1. The predicted octanol–water partition coefficient (Wildman–Crippen LogP) is 0.0805. The molecule has 0 aromatic carbocycles. The summed E-state index contributed by atoms with van der Waals surface area (Å²) >= 11 is 0. The summed E-state index contributed by atoms with van der Waals surface area (Å²) in [6.07, 6.45) is -0.166. The average molecular weight is 203 g/mol. The van der Waals surface area contributed by atoms with Gasteiger partial charge in [-0.05, 0) is 13.8 Å². The van der Waals surface area contributed by atoms with Crippen LogP contribution in [0.2, 0.25) is 0 Å². The Morgan fingerprint density at radius 2 is 1.86 bits per heavy atom. The fraction of sp³-hybridized carbons (Fsp3) is 0.778. The largest absolute Gasteiger partial charge is 0.481 e. The molecule has 14 heavy (non-hydrogen) atoms. The second kappa shape index (κ2) is 6.37. The molecular formula is C9H17NO4. The fourth-order valence-electron chi connectivity index (χ4n) is 1.14. The molecule has 5 heteroatoms. The summed E-state index contributed by atoms with van der Waals surface area (Å²) in [5, 5.41) is 17.1. The highest BCUT2D eigenvalue weighted by Gasteiger charge is 2.16. The molecule has 82 valence electrons. The molecule has 0 saturated carbocycles. The van der Waals surface area contributed by atoms with Crippen molar-refractivity contribution in [3.63, 3.8) is 0 Å². The number of nitrogens with zero attached hydrogens (tertiary/aromatic N) is 1. The number of hydrogen-bond acceptors (Lipinski definition) is 3. The van der Waals surface area contributed by atoms with Gasteiger partial charge in [0.25, 0.3) is 0 Å². The van der Waals surface area contributed by atoms with E-state index < -0.39 is 5.97 Å². The first-order valence-corrected chi connectivity index (χ1v) is 4.61. The van der Waals surface area contributed by atoms with Crippen LogP contribution in [0.1, 0.15) is 26.7 Å². The Kier molecular flexibility index (Phi) is 5.87. The van der Waals surface area contributed by atoms with E-state index >= 15 is 0 Å². The molecule has 0 bridgehead atoms. The Bertz CT molecular complexity index is 203. The van der Waals surface area contributed by atoms with Gasteiger partial charge in [0.2, 0.25) is 5.91 Å². The topological polar surface area (TPSA) is 77.8 Å². The number of rotatable bonds is 6. The maximum absolute atomic E-state index is 11.4. The first-order chi connectivity index (χ1) is 6.49. The first kappa shape index (κ1) is 12.9. The average Bonchev–Trinajstić information content (AvgIpc) is 2.09. The van der Waals surface area contributed by atoms with E-state index in [4.69, 9.17) is 10.2 Å². The highest BCUT2D eigenvalue weighted by atomic mass is 16.4. The molecule has 0 aliphatic carbocycles. The monoisotopic (exact) mass is 203 g/mol. The Morgan fingerprint density at radius 1 is 1.29 bits per heavy atom.